The van der Waals surface area contributed by atoms with Crippen LogP contribution < -0.4 is 4.90 Å². The number of fused-ring (bicyclic) bond motifs is 1. The van der Waals surface area contributed by atoms with Gasteiger partial charge in [-0.1, -0.05) is 19.9 Å². The summed E-state index contributed by atoms with van der Waals surface area (Å²) in [6.07, 6.45) is 3.18. The number of ketones is 1. The summed E-state index contributed by atoms with van der Waals surface area (Å²) in [5.74, 6) is -1.94. The number of aromatic nitrogens is 3. The summed E-state index contributed by atoms with van der Waals surface area (Å²) in [5, 5.41) is 14.8. The number of carbonyl (C=O) groups is 2. The number of pyridine rings is 1. The summed E-state index contributed by atoms with van der Waals surface area (Å²) in [5.41, 5.74) is 2.20. The third kappa shape index (κ3) is 3.24. The number of aliphatic hydroxyl groups excluding tert-OH is 1. The molecule has 0 saturated carbocycles. The summed E-state index contributed by atoms with van der Waals surface area (Å²) in [4.78, 5) is 31.6. The van der Waals surface area contributed by atoms with Crippen LogP contribution in [-0.4, -0.2) is 31.4 Å². The SMILES string of the molecule is Cc1cc(F)ccc1C1C(C(=O)CC(C)C)=C(O)C(=O)N1c1ccc2ncnn2c1. The van der Waals surface area contributed by atoms with Crippen LogP contribution in [0.1, 0.15) is 37.4 Å². The molecule has 4 rings (SSSR count). The van der Waals surface area contributed by atoms with Crippen LogP contribution in [0, 0.1) is 18.7 Å². The van der Waals surface area contributed by atoms with Crippen molar-refractivity contribution in [1.82, 2.24) is 14.6 Å². The molecule has 3 heterocycles. The first kappa shape index (κ1) is 19.8. The van der Waals surface area contributed by atoms with E-state index in [-0.39, 0.29) is 23.7 Å². The number of hydrogen-bond donors (Lipinski definition) is 1. The molecular weight excluding hydrogens is 387 g/mol. The average Bonchev–Trinajstić information content (AvgIpc) is 3.23. The Bertz CT molecular complexity index is 1200. The molecule has 1 aromatic carbocycles. The van der Waals surface area contributed by atoms with Gasteiger partial charge in [0.25, 0.3) is 5.91 Å². The second-order valence-electron chi connectivity index (χ2n) is 7.81. The van der Waals surface area contributed by atoms with Crippen LogP contribution in [0.3, 0.4) is 0 Å². The van der Waals surface area contributed by atoms with Gasteiger partial charge in [-0.2, -0.15) is 5.10 Å². The zero-order chi connectivity index (χ0) is 21.6. The molecule has 1 atom stereocenters. The summed E-state index contributed by atoms with van der Waals surface area (Å²) in [6.45, 7) is 5.49. The lowest BCUT2D eigenvalue weighted by Gasteiger charge is -2.28. The number of aliphatic hydroxyl groups is 1. The molecule has 0 aliphatic carbocycles. The summed E-state index contributed by atoms with van der Waals surface area (Å²) in [7, 11) is 0. The first-order chi connectivity index (χ1) is 14.3. The van der Waals surface area contributed by atoms with Gasteiger partial charge in [0.1, 0.15) is 12.1 Å². The molecule has 1 amide bonds. The van der Waals surface area contributed by atoms with Crippen LogP contribution in [0.5, 0.6) is 0 Å². The van der Waals surface area contributed by atoms with Crippen LogP contribution >= 0.6 is 0 Å². The van der Waals surface area contributed by atoms with E-state index >= 15 is 0 Å². The van der Waals surface area contributed by atoms with Crippen LogP contribution in [-0.2, 0) is 9.59 Å². The first-order valence-corrected chi connectivity index (χ1v) is 9.63. The van der Waals surface area contributed by atoms with Crippen LogP contribution in [0.4, 0.5) is 10.1 Å². The Hall–Kier alpha value is -3.55. The average molecular weight is 408 g/mol. The quantitative estimate of drug-likeness (QED) is 0.696. The molecule has 1 N–H and O–H groups in total. The van der Waals surface area contributed by atoms with Crippen molar-refractivity contribution in [3.8, 4) is 0 Å². The summed E-state index contributed by atoms with van der Waals surface area (Å²) >= 11 is 0. The normalized spacial score (nSPS) is 16.9. The van der Waals surface area contributed by atoms with Crippen molar-refractivity contribution in [1.29, 1.82) is 0 Å². The van der Waals surface area contributed by atoms with Crippen molar-refractivity contribution in [3.63, 3.8) is 0 Å². The van der Waals surface area contributed by atoms with E-state index in [9.17, 15) is 19.1 Å². The van der Waals surface area contributed by atoms with Gasteiger partial charge in [-0.05, 0) is 48.2 Å². The number of benzene rings is 1. The predicted molar refractivity (Wildman–Crippen MR) is 108 cm³/mol. The second-order valence-corrected chi connectivity index (χ2v) is 7.81. The molecule has 154 valence electrons. The molecule has 0 bridgehead atoms. The maximum absolute atomic E-state index is 13.7. The Labute approximate surface area is 172 Å². The minimum absolute atomic E-state index is 0.0297. The van der Waals surface area contributed by atoms with Gasteiger partial charge in [-0.25, -0.2) is 13.9 Å². The van der Waals surface area contributed by atoms with Crippen molar-refractivity contribution in [2.75, 3.05) is 4.90 Å². The van der Waals surface area contributed by atoms with E-state index in [1.165, 1.54) is 27.9 Å². The molecule has 1 aliphatic heterocycles. The third-order valence-electron chi connectivity index (χ3n) is 5.17. The topological polar surface area (TPSA) is 87.8 Å². The fourth-order valence-corrected chi connectivity index (χ4v) is 3.83. The van der Waals surface area contributed by atoms with Crippen molar-refractivity contribution in [2.45, 2.75) is 33.2 Å². The number of aryl methyl sites for hydroxylation is 1. The largest absolute Gasteiger partial charge is 0.503 e. The fraction of sp³-hybridized carbons (Fsp3) is 0.273. The molecule has 7 nitrogen and oxygen atoms in total. The van der Waals surface area contributed by atoms with Crippen LogP contribution in [0.15, 0.2) is 54.2 Å². The number of Topliss-reactive ketones (excluding diaryl/α,β-unsaturated/α-hetero) is 1. The lowest BCUT2D eigenvalue weighted by Crippen LogP contribution is -2.31. The fourth-order valence-electron chi connectivity index (χ4n) is 3.83. The van der Waals surface area contributed by atoms with Crippen molar-refractivity contribution in [2.24, 2.45) is 5.92 Å². The Morgan fingerprint density at radius 3 is 2.73 bits per heavy atom. The maximum Gasteiger partial charge on any atom is 0.294 e. The lowest BCUT2D eigenvalue weighted by atomic mass is 9.90. The van der Waals surface area contributed by atoms with Crippen LogP contribution in [0.2, 0.25) is 0 Å². The van der Waals surface area contributed by atoms with Crippen LogP contribution in [0.25, 0.3) is 5.65 Å². The Balaban J connectivity index is 1.90. The number of anilines is 1. The van der Waals surface area contributed by atoms with Gasteiger partial charge in [0, 0.05) is 6.42 Å². The van der Waals surface area contributed by atoms with Crippen molar-refractivity contribution >= 4 is 23.0 Å². The van der Waals surface area contributed by atoms with Gasteiger partial charge in [0.15, 0.2) is 17.2 Å². The molecule has 1 unspecified atom stereocenters. The van der Waals surface area contributed by atoms with Gasteiger partial charge in [0.2, 0.25) is 0 Å². The second kappa shape index (κ2) is 7.37. The Morgan fingerprint density at radius 1 is 1.27 bits per heavy atom. The first-order valence-electron chi connectivity index (χ1n) is 9.63. The number of halogens is 1. The molecule has 8 heteroatoms. The van der Waals surface area contributed by atoms with Gasteiger partial charge in [0.05, 0.1) is 23.5 Å². The standard InChI is InChI=1S/C22H21FN4O3/c1-12(2)8-17(28)19-20(16-6-4-14(23)9-13(16)3)27(22(30)21(19)29)15-5-7-18-24-11-25-26(18)10-15/h4-7,9-12,20,29H,8H2,1-3H3. The monoisotopic (exact) mass is 408 g/mol. The molecule has 2 aromatic heterocycles. The van der Waals surface area contributed by atoms with E-state index in [1.54, 1.807) is 31.3 Å². The highest BCUT2D eigenvalue weighted by molar-refractivity contribution is 6.16. The van der Waals surface area contributed by atoms with Gasteiger partial charge < -0.3 is 5.11 Å². The zero-order valence-corrected chi connectivity index (χ0v) is 16.8. The smallest absolute Gasteiger partial charge is 0.294 e. The number of amides is 1. The molecule has 0 spiro atoms. The zero-order valence-electron chi connectivity index (χ0n) is 16.8. The van der Waals surface area contributed by atoms with E-state index in [2.05, 4.69) is 10.1 Å². The Morgan fingerprint density at radius 2 is 2.03 bits per heavy atom. The lowest BCUT2D eigenvalue weighted by molar-refractivity contribution is -0.118. The summed E-state index contributed by atoms with van der Waals surface area (Å²) in [6, 6.07) is 6.67. The van der Waals surface area contributed by atoms with Gasteiger partial charge in [-0.3, -0.25) is 14.5 Å². The molecule has 0 saturated heterocycles. The summed E-state index contributed by atoms with van der Waals surface area (Å²) < 4.78 is 15.2. The third-order valence-corrected chi connectivity index (χ3v) is 5.17. The minimum Gasteiger partial charge on any atom is -0.503 e. The highest BCUT2D eigenvalue weighted by Crippen LogP contribution is 2.42. The van der Waals surface area contributed by atoms with Gasteiger partial charge in [-0.15, -0.1) is 0 Å². The highest BCUT2D eigenvalue weighted by atomic mass is 19.1. The van der Waals surface area contributed by atoms with Crippen molar-refractivity contribution in [3.05, 3.63) is 71.1 Å². The van der Waals surface area contributed by atoms with Crippen molar-refractivity contribution < 1.29 is 19.1 Å². The number of carbonyl (C=O) groups excluding carboxylic acids is 2. The molecule has 0 radical (unpaired) electrons. The number of rotatable bonds is 5. The Kier molecular flexibility index (Phi) is 4.85. The van der Waals surface area contributed by atoms with E-state index in [0.29, 0.717) is 22.5 Å². The van der Waals surface area contributed by atoms with E-state index in [4.69, 9.17) is 0 Å². The van der Waals surface area contributed by atoms with E-state index < -0.39 is 23.5 Å². The van der Waals surface area contributed by atoms with Gasteiger partial charge >= 0.3 is 0 Å². The number of hydrogen-bond acceptors (Lipinski definition) is 5. The molecular formula is C22H21FN4O3. The minimum atomic E-state index is -0.870. The van der Waals surface area contributed by atoms with E-state index in [0.717, 1.165) is 0 Å². The van der Waals surface area contributed by atoms with E-state index in [1.807, 2.05) is 13.8 Å². The molecule has 3 aromatic rings. The number of nitrogens with zero attached hydrogens (tertiary/aromatic N) is 4. The maximum atomic E-state index is 13.7. The molecule has 1 aliphatic rings. The predicted octanol–water partition coefficient (Wildman–Crippen LogP) is 3.69. The highest BCUT2D eigenvalue weighted by Gasteiger charge is 2.45. The molecule has 30 heavy (non-hydrogen) atoms. The molecule has 0 fully saturated rings.